The number of ether oxygens (including phenoxy) is 3. The van der Waals surface area contributed by atoms with E-state index in [2.05, 4.69) is 0 Å². The standard InChI is InChI=1S/C37H30ClFN2O5S2/c1-4-45-36(43)31-32(24-8-6-5-7-9-24)40-37-41(33(31)25-12-16-27(47-3)17-13-25)35(42)30(48-37)20-23-18-28(38)34(29(19-23)44-2)46-21-22-10-14-26(39)15-11-22/h5-20,33H,4,21H2,1-3H3/b30-20-/t33-/m1/s1. The molecule has 0 bridgehead atoms. The van der Waals surface area contributed by atoms with E-state index in [1.54, 1.807) is 53.6 Å². The van der Waals surface area contributed by atoms with Gasteiger partial charge in [0.05, 0.1) is 40.6 Å². The molecule has 0 spiro atoms. The number of thioether (sulfide) groups is 1. The minimum Gasteiger partial charge on any atom is -0.493 e. The summed E-state index contributed by atoms with van der Waals surface area (Å²) in [5.74, 6) is -0.188. The highest BCUT2D eigenvalue weighted by molar-refractivity contribution is 7.98. The molecule has 7 nitrogen and oxygen atoms in total. The number of halogens is 2. The van der Waals surface area contributed by atoms with Crippen LogP contribution in [0.3, 0.4) is 0 Å². The van der Waals surface area contributed by atoms with E-state index in [1.807, 2.05) is 60.9 Å². The Kier molecular flexibility index (Phi) is 10.1. The van der Waals surface area contributed by atoms with Gasteiger partial charge in [-0.2, -0.15) is 0 Å². The predicted octanol–water partition coefficient (Wildman–Crippen LogP) is 7.04. The van der Waals surface area contributed by atoms with Crippen LogP contribution in [-0.4, -0.2) is 30.5 Å². The molecule has 6 rings (SSSR count). The molecular formula is C37H30ClFN2O5S2. The van der Waals surface area contributed by atoms with E-state index in [4.69, 9.17) is 30.8 Å². The number of aromatic nitrogens is 1. The van der Waals surface area contributed by atoms with Crippen molar-refractivity contribution in [2.75, 3.05) is 20.0 Å². The Morgan fingerprint density at radius 3 is 2.46 bits per heavy atom. The molecule has 0 saturated heterocycles. The van der Waals surface area contributed by atoms with Crippen molar-refractivity contribution >= 4 is 52.4 Å². The maximum Gasteiger partial charge on any atom is 0.338 e. The van der Waals surface area contributed by atoms with Gasteiger partial charge in [0, 0.05) is 10.5 Å². The number of esters is 1. The van der Waals surface area contributed by atoms with E-state index < -0.39 is 12.0 Å². The first kappa shape index (κ1) is 33.3. The third-order valence-electron chi connectivity index (χ3n) is 7.65. The lowest BCUT2D eigenvalue weighted by atomic mass is 9.93. The SMILES string of the molecule is CCOC(=O)C1=C(c2ccccc2)N=c2s/c(=C\c3cc(Cl)c(OCc4ccc(F)cc4)c(OC)c3)c(=O)n2[C@@H]1c1ccc(SC)cc1. The highest BCUT2D eigenvalue weighted by Gasteiger charge is 2.35. The lowest BCUT2D eigenvalue weighted by molar-refractivity contribution is -0.138. The minimum absolute atomic E-state index is 0.152. The van der Waals surface area contributed by atoms with Gasteiger partial charge in [0.15, 0.2) is 16.3 Å². The Labute approximate surface area is 289 Å². The van der Waals surface area contributed by atoms with Crippen LogP contribution >= 0.6 is 34.7 Å². The van der Waals surface area contributed by atoms with Gasteiger partial charge in [-0.3, -0.25) is 9.36 Å². The maximum absolute atomic E-state index is 14.3. The average molecular weight is 701 g/mol. The summed E-state index contributed by atoms with van der Waals surface area (Å²) >= 11 is 9.48. The van der Waals surface area contributed by atoms with Gasteiger partial charge < -0.3 is 14.2 Å². The number of carbonyl (C=O) groups is 1. The third kappa shape index (κ3) is 6.82. The molecule has 0 N–H and O–H groups in total. The molecule has 0 saturated carbocycles. The van der Waals surface area contributed by atoms with Gasteiger partial charge in [-0.05, 0) is 72.3 Å². The van der Waals surface area contributed by atoms with Crippen molar-refractivity contribution in [2.24, 2.45) is 4.99 Å². The van der Waals surface area contributed by atoms with Gasteiger partial charge in [-0.1, -0.05) is 77.5 Å². The van der Waals surface area contributed by atoms with Gasteiger partial charge >= 0.3 is 5.97 Å². The predicted molar refractivity (Wildman–Crippen MR) is 188 cm³/mol. The Balaban J connectivity index is 1.49. The van der Waals surface area contributed by atoms with Crippen LogP contribution in [0.2, 0.25) is 5.02 Å². The maximum atomic E-state index is 14.3. The number of thiazole rings is 1. The van der Waals surface area contributed by atoms with Crippen LogP contribution in [0.15, 0.2) is 111 Å². The van der Waals surface area contributed by atoms with Crippen molar-refractivity contribution < 1.29 is 23.4 Å². The minimum atomic E-state index is -0.783. The van der Waals surface area contributed by atoms with Crippen LogP contribution in [0.4, 0.5) is 4.39 Å². The highest BCUT2D eigenvalue weighted by Crippen LogP contribution is 2.38. The fourth-order valence-corrected chi connectivity index (χ4v) is 7.08. The van der Waals surface area contributed by atoms with E-state index in [1.165, 1.54) is 30.6 Å². The summed E-state index contributed by atoms with van der Waals surface area (Å²) < 4.78 is 32.4. The average Bonchev–Trinajstić information content (AvgIpc) is 3.41. The molecule has 4 aromatic carbocycles. The summed E-state index contributed by atoms with van der Waals surface area (Å²) in [4.78, 5) is 34.3. The van der Waals surface area contributed by atoms with Gasteiger partial charge in [0.2, 0.25) is 0 Å². The Bertz CT molecular complexity index is 2180. The number of rotatable bonds is 10. The monoisotopic (exact) mass is 700 g/mol. The van der Waals surface area contributed by atoms with Crippen molar-refractivity contribution in [3.8, 4) is 11.5 Å². The fourth-order valence-electron chi connectivity index (χ4n) is 5.39. The van der Waals surface area contributed by atoms with Gasteiger partial charge in [0.1, 0.15) is 12.4 Å². The zero-order valence-electron chi connectivity index (χ0n) is 26.2. The van der Waals surface area contributed by atoms with Crippen molar-refractivity contribution in [2.45, 2.75) is 24.5 Å². The van der Waals surface area contributed by atoms with Crippen LogP contribution in [0.1, 0.15) is 35.2 Å². The molecule has 1 aliphatic rings. The second-order valence-electron chi connectivity index (χ2n) is 10.7. The second kappa shape index (κ2) is 14.6. The Morgan fingerprint density at radius 2 is 1.79 bits per heavy atom. The number of hydrogen-bond donors (Lipinski definition) is 0. The van der Waals surface area contributed by atoms with E-state index in [-0.39, 0.29) is 35.2 Å². The van der Waals surface area contributed by atoms with Crippen molar-refractivity contribution in [3.05, 3.63) is 149 Å². The summed E-state index contributed by atoms with van der Waals surface area (Å²) in [5.41, 5.74) is 3.26. The molecule has 1 atom stereocenters. The van der Waals surface area contributed by atoms with Crippen LogP contribution < -0.4 is 24.4 Å². The summed E-state index contributed by atoms with van der Waals surface area (Å²) in [5, 5.41) is 0.276. The van der Waals surface area contributed by atoms with Crippen LogP contribution in [0.25, 0.3) is 11.8 Å². The van der Waals surface area contributed by atoms with Gasteiger partial charge in [0.25, 0.3) is 5.56 Å². The van der Waals surface area contributed by atoms with Crippen molar-refractivity contribution in [1.29, 1.82) is 0 Å². The number of carbonyl (C=O) groups excluding carboxylic acids is 1. The molecule has 48 heavy (non-hydrogen) atoms. The lowest BCUT2D eigenvalue weighted by Gasteiger charge is -2.26. The Morgan fingerprint density at radius 1 is 1.06 bits per heavy atom. The largest absolute Gasteiger partial charge is 0.493 e. The first-order chi connectivity index (χ1) is 23.3. The molecule has 0 fully saturated rings. The molecule has 1 aromatic heterocycles. The van der Waals surface area contributed by atoms with E-state index in [0.29, 0.717) is 32.1 Å². The van der Waals surface area contributed by atoms with Crippen molar-refractivity contribution in [1.82, 2.24) is 4.57 Å². The normalized spacial score (nSPS) is 14.4. The van der Waals surface area contributed by atoms with Crippen molar-refractivity contribution in [3.63, 3.8) is 0 Å². The molecule has 5 aromatic rings. The topological polar surface area (TPSA) is 79.1 Å². The molecule has 0 radical (unpaired) electrons. The van der Waals surface area contributed by atoms with Crippen LogP contribution in [0.5, 0.6) is 11.5 Å². The molecule has 244 valence electrons. The summed E-state index contributed by atoms with van der Waals surface area (Å²) in [6, 6.07) is 25.8. The van der Waals surface area contributed by atoms with E-state index >= 15 is 0 Å². The molecule has 2 heterocycles. The number of benzene rings is 4. The number of nitrogens with zero attached hydrogens (tertiary/aromatic N) is 2. The molecule has 0 amide bonds. The van der Waals surface area contributed by atoms with Gasteiger partial charge in [-0.25, -0.2) is 14.2 Å². The summed E-state index contributed by atoms with van der Waals surface area (Å²) in [6.07, 6.45) is 3.70. The molecule has 0 unspecified atom stereocenters. The smallest absolute Gasteiger partial charge is 0.338 e. The lowest BCUT2D eigenvalue weighted by Crippen LogP contribution is -2.40. The zero-order valence-corrected chi connectivity index (χ0v) is 28.6. The van der Waals surface area contributed by atoms with Gasteiger partial charge in [-0.15, -0.1) is 11.8 Å². The first-order valence-electron chi connectivity index (χ1n) is 15.0. The molecule has 1 aliphatic heterocycles. The highest BCUT2D eigenvalue weighted by atomic mass is 35.5. The summed E-state index contributed by atoms with van der Waals surface area (Å²) in [7, 11) is 1.50. The van der Waals surface area contributed by atoms with Crippen LogP contribution in [-0.2, 0) is 16.1 Å². The molecule has 11 heteroatoms. The van der Waals surface area contributed by atoms with Crippen LogP contribution in [0, 0.1) is 5.82 Å². The number of hydrogen-bond acceptors (Lipinski definition) is 8. The van der Waals surface area contributed by atoms with E-state index in [0.717, 1.165) is 21.6 Å². The number of methoxy groups -OCH3 is 1. The second-order valence-corrected chi connectivity index (χ2v) is 12.9. The molecule has 0 aliphatic carbocycles. The zero-order chi connectivity index (χ0) is 33.8. The fraction of sp³-hybridized carbons (Fsp3) is 0.162. The summed E-state index contributed by atoms with van der Waals surface area (Å²) in [6.45, 7) is 2.06. The third-order valence-corrected chi connectivity index (χ3v) is 9.66. The molecular weight excluding hydrogens is 671 g/mol. The number of fused-ring (bicyclic) bond motifs is 1. The Hall–Kier alpha value is -4.64. The first-order valence-corrected chi connectivity index (χ1v) is 17.4. The van der Waals surface area contributed by atoms with E-state index in [9.17, 15) is 14.0 Å². The quantitative estimate of drug-likeness (QED) is 0.115.